The van der Waals surface area contributed by atoms with Crippen LogP contribution in [0.3, 0.4) is 0 Å². The Kier molecular flexibility index (Phi) is 8.64. The summed E-state index contributed by atoms with van der Waals surface area (Å²) in [4.78, 5) is 0. The van der Waals surface area contributed by atoms with E-state index >= 15 is 4.39 Å². The molecule has 1 aliphatic rings. The second kappa shape index (κ2) is 11.9. The molecule has 0 unspecified atom stereocenters. The molecule has 0 spiro atoms. The molecule has 3 nitrogen and oxygen atoms in total. The van der Waals surface area contributed by atoms with Gasteiger partial charge >= 0.3 is 6.36 Å². The van der Waals surface area contributed by atoms with Gasteiger partial charge < -0.3 is 14.2 Å². The maximum absolute atomic E-state index is 15.2. The Balaban J connectivity index is 1.31. The molecule has 0 saturated carbocycles. The monoisotopic (exact) mass is 502 g/mol. The lowest BCUT2D eigenvalue weighted by Gasteiger charge is -2.29. The van der Waals surface area contributed by atoms with Gasteiger partial charge in [0.15, 0.2) is 6.29 Å². The van der Waals surface area contributed by atoms with Gasteiger partial charge in [-0.05, 0) is 66.3 Å². The van der Waals surface area contributed by atoms with Crippen molar-refractivity contribution < 1.29 is 31.8 Å². The Morgan fingerprint density at radius 2 is 1.61 bits per heavy atom. The van der Waals surface area contributed by atoms with Gasteiger partial charge in [0.25, 0.3) is 0 Å². The second-order valence-electron chi connectivity index (χ2n) is 9.15. The molecule has 3 aromatic rings. The van der Waals surface area contributed by atoms with Gasteiger partial charge in [-0.15, -0.1) is 19.8 Å². The normalized spacial score (nSPS) is 18.3. The first-order valence-corrected chi connectivity index (χ1v) is 12.2. The third kappa shape index (κ3) is 7.31. The van der Waals surface area contributed by atoms with Gasteiger partial charge in [-0.1, -0.05) is 48.5 Å². The standard InChI is InChI=1S/C29H30F4O3/c1-2-3-4-22-18-34-27(35-19-22)16-9-21-8-15-26-24(17-21)12-11-23(28(26)30)10-5-20-6-13-25(14-7-20)36-29(31,32)33/h2,6-8,11-15,17,22,27H,1,3-5,9-10,16,18-19H2. The van der Waals surface area contributed by atoms with Gasteiger partial charge in [-0.2, -0.15) is 0 Å². The van der Waals surface area contributed by atoms with Crippen molar-refractivity contribution in [2.45, 2.75) is 51.2 Å². The van der Waals surface area contributed by atoms with Crippen molar-refractivity contribution in [1.29, 1.82) is 0 Å². The number of rotatable bonds is 10. The van der Waals surface area contributed by atoms with Crippen LogP contribution in [0.25, 0.3) is 10.8 Å². The van der Waals surface area contributed by atoms with E-state index in [0.717, 1.165) is 42.2 Å². The highest BCUT2D eigenvalue weighted by Gasteiger charge is 2.31. The van der Waals surface area contributed by atoms with E-state index < -0.39 is 6.36 Å². The molecule has 4 rings (SSSR count). The Hall–Kier alpha value is -2.90. The molecule has 1 fully saturated rings. The van der Waals surface area contributed by atoms with Crippen molar-refractivity contribution in [3.8, 4) is 5.75 Å². The molecule has 0 amide bonds. The number of ether oxygens (including phenoxy) is 3. The average molecular weight is 503 g/mol. The molecule has 192 valence electrons. The van der Waals surface area contributed by atoms with Crippen LogP contribution >= 0.6 is 0 Å². The number of benzene rings is 3. The molecule has 0 aliphatic carbocycles. The number of halogens is 4. The van der Waals surface area contributed by atoms with E-state index in [0.29, 0.717) is 42.9 Å². The predicted octanol–water partition coefficient (Wildman–Crippen LogP) is 7.55. The zero-order valence-corrected chi connectivity index (χ0v) is 20.0. The van der Waals surface area contributed by atoms with Crippen molar-refractivity contribution >= 4 is 10.8 Å². The van der Waals surface area contributed by atoms with Crippen molar-refractivity contribution in [2.24, 2.45) is 5.92 Å². The molecule has 0 N–H and O–H groups in total. The first kappa shape index (κ1) is 26.2. The third-order valence-electron chi connectivity index (χ3n) is 6.42. The second-order valence-corrected chi connectivity index (χ2v) is 9.15. The Morgan fingerprint density at radius 1 is 0.889 bits per heavy atom. The van der Waals surface area contributed by atoms with E-state index in [1.54, 1.807) is 24.3 Å². The molecule has 36 heavy (non-hydrogen) atoms. The Morgan fingerprint density at radius 3 is 2.31 bits per heavy atom. The Bertz CT molecular complexity index is 1150. The van der Waals surface area contributed by atoms with E-state index in [-0.39, 0.29) is 17.9 Å². The van der Waals surface area contributed by atoms with Crippen LogP contribution in [0.2, 0.25) is 0 Å². The fraction of sp³-hybridized carbons (Fsp3) is 0.379. The van der Waals surface area contributed by atoms with Gasteiger partial charge in [0.05, 0.1) is 13.2 Å². The van der Waals surface area contributed by atoms with E-state index in [2.05, 4.69) is 11.3 Å². The molecule has 3 aromatic carbocycles. The number of aryl methyl sites for hydroxylation is 3. The van der Waals surface area contributed by atoms with E-state index in [1.165, 1.54) is 12.1 Å². The van der Waals surface area contributed by atoms with E-state index in [1.807, 2.05) is 24.3 Å². The minimum absolute atomic E-state index is 0.214. The summed E-state index contributed by atoms with van der Waals surface area (Å²) in [5.41, 5.74) is 2.47. The number of hydrogen-bond acceptors (Lipinski definition) is 3. The number of allylic oxidation sites excluding steroid dienone is 1. The quantitative estimate of drug-likeness (QED) is 0.212. The number of fused-ring (bicyclic) bond motifs is 1. The fourth-order valence-corrected chi connectivity index (χ4v) is 4.43. The first-order valence-electron chi connectivity index (χ1n) is 12.2. The minimum Gasteiger partial charge on any atom is -0.406 e. The molecule has 0 radical (unpaired) electrons. The SMILES string of the molecule is C=CCCC1COC(CCc2ccc3c(F)c(CCc4ccc(OC(F)(F)F)cc4)ccc3c2)OC1. The summed E-state index contributed by atoms with van der Waals surface area (Å²) in [6.45, 7) is 5.16. The van der Waals surface area contributed by atoms with Gasteiger partial charge in [0.1, 0.15) is 11.6 Å². The van der Waals surface area contributed by atoms with Crippen molar-refractivity contribution in [3.63, 3.8) is 0 Å². The van der Waals surface area contributed by atoms with Gasteiger partial charge in [0, 0.05) is 17.7 Å². The van der Waals surface area contributed by atoms with Crippen LogP contribution in [0.5, 0.6) is 5.75 Å². The minimum atomic E-state index is -4.72. The summed E-state index contributed by atoms with van der Waals surface area (Å²) in [5.74, 6) is -0.117. The van der Waals surface area contributed by atoms with Crippen molar-refractivity contribution in [2.75, 3.05) is 13.2 Å². The summed E-state index contributed by atoms with van der Waals surface area (Å²) in [5, 5.41) is 1.39. The van der Waals surface area contributed by atoms with E-state index in [4.69, 9.17) is 9.47 Å². The van der Waals surface area contributed by atoms with Crippen LogP contribution in [-0.4, -0.2) is 25.9 Å². The predicted molar refractivity (Wildman–Crippen MR) is 131 cm³/mol. The van der Waals surface area contributed by atoms with Crippen LogP contribution in [0.15, 0.2) is 67.3 Å². The molecule has 0 atom stereocenters. The van der Waals surface area contributed by atoms with Crippen LogP contribution in [0.4, 0.5) is 17.6 Å². The van der Waals surface area contributed by atoms with Crippen molar-refractivity contribution in [3.05, 3.63) is 89.8 Å². The zero-order valence-electron chi connectivity index (χ0n) is 20.0. The maximum Gasteiger partial charge on any atom is 0.573 e. The molecular formula is C29H30F4O3. The smallest absolute Gasteiger partial charge is 0.406 e. The molecule has 1 aliphatic heterocycles. The van der Waals surface area contributed by atoms with Crippen LogP contribution in [-0.2, 0) is 28.7 Å². The van der Waals surface area contributed by atoms with Gasteiger partial charge in [-0.25, -0.2) is 4.39 Å². The van der Waals surface area contributed by atoms with Crippen LogP contribution in [0, 0.1) is 11.7 Å². The summed E-state index contributed by atoms with van der Waals surface area (Å²) >= 11 is 0. The van der Waals surface area contributed by atoms with Crippen molar-refractivity contribution in [1.82, 2.24) is 0 Å². The topological polar surface area (TPSA) is 27.7 Å². The third-order valence-corrected chi connectivity index (χ3v) is 6.42. The first-order chi connectivity index (χ1) is 17.3. The number of hydrogen-bond donors (Lipinski definition) is 0. The highest BCUT2D eigenvalue weighted by Crippen LogP contribution is 2.26. The maximum atomic E-state index is 15.2. The molecule has 1 heterocycles. The largest absolute Gasteiger partial charge is 0.573 e. The fourth-order valence-electron chi connectivity index (χ4n) is 4.43. The molecule has 0 aromatic heterocycles. The lowest BCUT2D eigenvalue weighted by molar-refractivity contribution is -0.274. The number of alkyl halides is 3. The summed E-state index contributed by atoms with van der Waals surface area (Å²) in [6.07, 6.45) is 1.42. The van der Waals surface area contributed by atoms with Gasteiger partial charge in [0.2, 0.25) is 0 Å². The zero-order chi connectivity index (χ0) is 25.5. The molecule has 7 heteroatoms. The average Bonchev–Trinajstić information content (AvgIpc) is 2.86. The summed E-state index contributed by atoms with van der Waals surface area (Å²) in [6, 6.07) is 15.1. The van der Waals surface area contributed by atoms with E-state index in [9.17, 15) is 13.2 Å². The lowest BCUT2D eigenvalue weighted by atomic mass is 9.98. The molecule has 0 bridgehead atoms. The Labute approximate surface area is 208 Å². The highest BCUT2D eigenvalue weighted by molar-refractivity contribution is 5.84. The van der Waals surface area contributed by atoms with Gasteiger partial charge in [-0.3, -0.25) is 0 Å². The van der Waals surface area contributed by atoms with Crippen LogP contribution in [0.1, 0.15) is 36.0 Å². The lowest BCUT2D eigenvalue weighted by Crippen LogP contribution is -2.32. The highest BCUT2D eigenvalue weighted by atomic mass is 19.4. The summed E-state index contributed by atoms with van der Waals surface area (Å²) in [7, 11) is 0. The molecule has 1 saturated heterocycles. The summed E-state index contributed by atoms with van der Waals surface area (Å²) < 4.78 is 67.7. The molecular weight excluding hydrogens is 472 g/mol. The van der Waals surface area contributed by atoms with Crippen LogP contribution < -0.4 is 4.74 Å².